The number of benzene rings is 1. The highest BCUT2D eigenvalue weighted by atomic mass is 16.4. The summed E-state index contributed by atoms with van der Waals surface area (Å²) in [6.07, 6.45) is 0.213. The predicted molar refractivity (Wildman–Crippen MR) is 60.1 cm³/mol. The number of nitrogens with one attached hydrogen (secondary N) is 1. The number of hydrogen-bond acceptors (Lipinski definition) is 2. The van der Waals surface area contributed by atoms with Crippen LogP contribution in [0.1, 0.15) is 18.1 Å². The summed E-state index contributed by atoms with van der Waals surface area (Å²) in [6, 6.07) is 6.69. The number of carbonyl (C=O) groups excluding carboxylic acids is 1. The Labute approximate surface area is 94.3 Å². The second-order valence-corrected chi connectivity index (χ2v) is 3.73. The lowest BCUT2D eigenvalue weighted by Crippen LogP contribution is -2.39. The zero-order valence-corrected chi connectivity index (χ0v) is 9.36. The van der Waals surface area contributed by atoms with Gasteiger partial charge in [0.05, 0.1) is 6.42 Å². The van der Waals surface area contributed by atoms with Gasteiger partial charge >= 0.3 is 5.97 Å². The molecule has 0 radical (unpaired) electrons. The predicted octanol–water partition coefficient (Wildman–Crippen LogP) is 1.13. The minimum Gasteiger partial charge on any atom is -0.480 e. The molecule has 4 nitrogen and oxygen atoms in total. The molecule has 4 heteroatoms. The fourth-order valence-corrected chi connectivity index (χ4v) is 1.34. The third-order valence-corrected chi connectivity index (χ3v) is 2.36. The molecule has 86 valence electrons. The van der Waals surface area contributed by atoms with Gasteiger partial charge in [-0.15, -0.1) is 0 Å². The molecular weight excluding hydrogens is 206 g/mol. The van der Waals surface area contributed by atoms with Crippen LogP contribution in [0.2, 0.25) is 0 Å². The van der Waals surface area contributed by atoms with Crippen LogP contribution < -0.4 is 5.32 Å². The van der Waals surface area contributed by atoms with Crippen molar-refractivity contribution in [2.45, 2.75) is 26.3 Å². The van der Waals surface area contributed by atoms with Crippen molar-refractivity contribution in [3.8, 4) is 0 Å². The standard InChI is InChI=1S/C12H15NO3/c1-8-5-3-4-6-10(8)7-11(14)13-9(2)12(15)16/h3-6,9H,7H2,1-2H3,(H,13,14)(H,15,16)/t9-/m1/s1. The summed E-state index contributed by atoms with van der Waals surface area (Å²) in [6.45, 7) is 3.36. The molecule has 0 saturated heterocycles. The van der Waals surface area contributed by atoms with Gasteiger partial charge in [-0.05, 0) is 25.0 Å². The summed E-state index contributed by atoms with van der Waals surface area (Å²) < 4.78 is 0. The Hall–Kier alpha value is -1.84. The van der Waals surface area contributed by atoms with E-state index in [9.17, 15) is 9.59 Å². The van der Waals surface area contributed by atoms with E-state index in [1.165, 1.54) is 6.92 Å². The zero-order chi connectivity index (χ0) is 12.1. The second kappa shape index (κ2) is 5.30. The molecule has 0 aromatic heterocycles. The molecule has 0 unspecified atom stereocenters. The van der Waals surface area contributed by atoms with Crippen LogP contribution >= 0.6 is 0 Å². The lowest BCUT2D eigenvalue weighted by molar-refractivity contribution is -0.141. The summed E-state index contributed by atoms with van der Waals surface area (Å²) in [7, 11) is 0. The van der Waals surface area contributed by atoms with Gasteiger partial charge in [-0.3, -0.25) is 9.59 Å². The minimum absolute atomic E-state index is 0.213. The topological polar surface area (TPSA) is 66.4 Å². The van der Waals surface area contributed by atoms with Crippen LogP contribution in [0.4, 0.5) is 0 Å². The number of rotatable bonds is 4. The van der Waals surface area contributed by atoms with Crippen molar-refractivity contribution < 1.29 is 14.7 Å². The average Bonchev–Trinajstić information content (AvgIpc) is 2.21. The number of aryl methyl sites for hydroxylation is 1. The number of amides is 1. The van der Waals surface area contributed by atoms with E-state index in [1.54, 1.807) is 0 Å². The van der Waals surface area contributed by atoms with Crippen molar-refractivity contribution in [1.82, 2.24) is 5.32 Å². The number of carboxylic acid groups (broad SMARTS) is 1. The van der Waals surface area contributed by atoms with Crippen LogP contribution in [-0.4, -0.2) is 23.0 Å². The number of carboxylic acids is 1. The van der Waals surface area contributed by atoms with Gasteiger partial charge in [0.15, 0.2) is 0 Å². The Kier molecular flexibility index (Phi) is 4.05. The van der Waals surface area contributed by atoms with Crippen molar-refractivity contribution in [2.75, 3.05) is 0 Å². The minimum atomic E-state index is -1.03. The maximum atomic E-state index is 11.5. The van der Waals surface area contributed by atoms with Gasteiger partial charge in [-0.1, -0.05) is 24.3 Å². The van der Waals surface area contributed by atoms with Crippen LogP contribution in [0.3, 0.4) is 0 Å². The van der Waals surface area contributed by atoms with E-state index in [1.807, 2.05) is 31.2 Å². The van der Waals surface area contributed by atoms with Crippen molar-refractivity contribution in [3.05, 3.63) is 35.4 Å². The van der Waals surface area contributed by atoms with E-state index in [0.29, 0.717) is 0 Å². The maximum Gasteiger partial charge on any atom is 0.325 e. The van der Waals surface area contributed by atoms with E-state index in [2.05, 4.69) is 5.32 Å². The molecule has 0 aliphatic carbocycles. The van der Waals surface area contributed by atoms with Gasteiger partial charge in [0.2, 0.25) is 5.91 Å². The summed E-state index contributed by atoms with van der Waals surface area (Å²) >= 11 is 0. The van der Waals surface area contributed by atoms with Crippen LogP contribution in [0.15, 0.2) is 24.3 Å². The Morgan fingerprint density at radius 1 is 1.38 bits per heavy atom. The van der Waals surface area contributed by atoms with Crippen molar-refractivity contribution in [1.29, 1.82) is 0 Å². The summed E-state index contributed by atoms with van der Waals surface area (Å²) in [5.41, 5.74) is 1.94. The first kappa shape index (κ1) is 12.2. The first-order chi connectivity index (χ1) is 7.50. The highest BCUT2D eigenvalue weighted by Crippen LogP contribution is 2.07. The van der Waals surface area contributed by atoms with Crippen molar-refractivity contribution in [3.63, 3.8) is 0 Å². The first-order valence-corrected chi connectivity index (χ1v) is 5.07. The molecule has 2 N–H and O–H groups in total. The van der Waals surface area contributed by atoms with E-state index in [-0.39, 0.29) is 12.3 Å². The Bertz CT molecular complexity index is 401. The molecule has 1 rings (SSSR count). The molecular formula is C12H15NO3. The molecule has 1 amide bonds. The van der Waals surface area contributed by atoms with Crippen LogP contribution in [0.5, 0.6) is 0 Å². The lowest BCUT2D eigenvalue weighted by Gasteiger charge is -2.10. The smallest absolute Gasteiger partial charge is 0.325 e. The molecule has 16 heavy (non-hydrogen) atoms. The number of aliphatic carboxylic acids is 1. The highest BCUT2D eigenvalue weighted by Gasteiger charge is 2.14. The maximum absolute atomic E-state index is 11.5. The normalized spacial score (nSPS) is 11.9. The fourth-order valence-electron chi connectivity index (χ4n) is 1.34. The lowest BCUT2D eigenvalue weighted by atomic mass is 10.1. The fraction of sp³-hybridized carbons (Fsp3) is 0.333. The van der Waals surface area contributed by atoms with Gasteiger partial charge in [-0.25, -0.2) is 0 Å². The third kappa shape index (κ3) is 3.38. The SMILES string of the molecule is Cc1ccccc1CC(=O)N[C@H](C)C(=O)O. The van der Waals surface area contributed by atoms with Gasteiger partial charge in [0.25, 0.3) is 0 Å². The monoisotopic (exact) mass is 221 g/mol. The Balaban J connectivity index is 2.59. The van der Waals surface area contributed by atoms with Gasteiger partial charge in [0.1, 0.15) is 6.04 Å². The summed E-state index contributed by atoms with van der Waals surface area (Å²) in [5, 5.41) is 11.1. The highest BCUT2D eigenvalue weighted by molar-refractivity contribution is 5.84. The van der Waals surface area contributed by atoms with E-state index < -0.39 is 12.0 Å². The molecule has 1 aromatic rings. The third-order valence-electron chi connectivity index (χ3n) is 2.36. The molecule has 0 aliphatic heterocycles. The summed E-state index contributed by atoms with van der Waals surface area (Å²) in [4.78, 5) is 22.0. The Morgan fingerprint density at radius 2 is 2.00 bits per heavy atom. The van der Waals surface area contributed by atoms with Crippen molar-refractivity contribution in [2.24, 2.45) is 0 Å². The van der Waals surface area contributed by atoms with Crippen LogP contribution in [-0.2, 0) is 16.0 Å². The molecule has 0 fully saturated rings. The van der Waals surface area contributed by atoms with E-state index in [0.717, 1.165) is 11.1 Å². The molecule has 0 spiro atoms. The molecule has 0 aliphatic rings. The molecule has 0 saturated carbocycles. The van der Waals surface area contributed by atoms with Gasteiger partial charge < -0.3 is 10.4 Å². The van der Waals surface area contributed by atoms with Gasteiger partial charge in [-0.2, -0.15) is 0 Å². The zero-order valence-electron chi connectivity index (χ0n) is 9.36. The number of hydrogen-bond donors (Lipinski definition) is 2. The largest absolute Gasteiger partial charge is 0.480 e. The van der Waals surface area contributed by atoms with E-state index >= 15 is 0 Å². The van der Waals surface area contributed by atoms with Gasteiger partial charge in [0, 0.05) is 0 Å². The Morgan fingerprint density at radius 3 is 2.56 bits per heavy atom. The first-order valence-electron chi connectivity index (χ1n) is 5.07. The molecule has 1 aromatic carbocycles. The molecule has 1 atom stereocenters. The van der Waals surface area contributed by atoms with Crippen molar-refractivity contribution >= 4 is 11.9 Å². The second-order valence-electron chi connectivity index (χ2n) is 3.73. The van der Waals surface area contributed by atoms with Crippen LogP contribution in [0, 0.1) is 6.92 Å². The summed E-state index contributed by atoms with van der Waals surface area (Å²) in [5.74, 6) is -1.30. The molecule has 0 bridgehead atoms. The average molecular weight is 221 g/mol. The van der Waals surface area contributed by atoms with Crippen LogP contribution in [0.25, 0.3) is 0 Å². The quantitative estimate of drug-likeness (QED) is 0.800. The molecule has 0 heterocycles. The van der Waals surface area contributed by atoms with E-state index in [4.69, 9.17) is 5.11 Å². The number of carbonyl (C=O) groups is 2.